The normalized spacial score (nSPS) is 17.9. The molecule has 0 saturated carbocycles. The lowest BCUT2D eigenvalue weighted by Crippen LogP contribution is -2.39. The fourth-order valence-corrected chi connectivity index (χ4v) is 3.19. The van der Waals surface area contributed by atoms with Gasteiger partial charge in [-0.3, -0.25) is 4.79 Å². The van der Waals surface area contributed by atoms with Crippen LogP contribution in [-0.2, 0) is 22.6 Å². The third kappa shape index (κ3) is 3.76. The van der Waals surface area contributed by atoms with Gasteiger partial charge in [0.05, 0.1) is 6.42 Å². The van der Waals surface area contributed by atoms with Crippen molar-refractivity contribution < 1.29 is 14.1 Å². The Balaban J connectivity index is 1.76. The highest BCUT2D eigenvalue weighted by Crippen LogP contribution is 2.31. The zero-order chi connectivity index (χ0) is 16.9. The Morgan fingerprint density at radius 3 is 3.04 bits per heavy atom. The third-order valence-electron chi connectivity index (χ3n) is 4.16. The first-order valence-electron chi connectivity index (χ1n) is 8.03. The molecule has 7 heteroatoms. The maximum Gasteiger partial charge on any atom is 0.249 e. The van der Waals surface area contributed by atoms with Gasteiger partial charge in [0.1, 0.15) is 12.6 Å². The molecule has 0 aliphatic carbocycles. The summed E-state index contributed by atoms with van der Waals surface area (Å²) in [5.41, 5.74) is 0.832. The van der Waals surface area contributed by atoms with Crippen LogP contribution in [0.1, 0.15) is 42.6 Å². The summed E-state index contributed by atoms with van der Waals surface area (Å²) >= 11 is 6.17. The number of piperidine rings is 1. The van der Waals surface area contributed by atoms with Crippen molar-refractivity contribution in [3.05, 3.63) is 46.6 Å². The number of amides is 1. The van der Waals surface area contributed by atoms with E-state index in [1.165, 1.54) is 0 Å². The van der Waals surface area contributed by atoms with Gasteiger partial charge in [0.25, 0.3) is 0 Å². The third-order valence-corrected chi connectivity index (χ3v) is 4.53. The van der Waals surface area contributed by atoms with Crippen molar-refractivity contribution in [2.24, 2.45) is 0 Å². The number of aromatic nitrogens is 2. The number of hydrogen-bond acceptors (Lipinski definition) is 5. The van der Waals surface area contributed by atoms with Gasteiger partial charge < -0.3 is 14.2 Å². The molecule has 6 nitrogen and oxygen atoms in total. The molecule has 1 aromatic heterocycles. The van der Waals surface area contributed by atoms with Gasteiger partial charge in [0.15, 0.2) is 5.82 Å². The number of benzene rings is 1. The zero-order valence-corrected chi connectivity index (χ0v) is 14.3. The second-order valence-corrected chi connectivity index (χ2v) is 6.26. The SMILES string of the molecule is COCc1noc(C2CCCCN2C(=O)Cc2ccccc2Cl)n1. The number of carbonyl (C=O) groups is 1. The summed E-state index contributed by atoms with van der Waals surface area (Å²) in [5.74, 6) is 1.00. The van der Waals surface area contributed by atoms with Gasteiger partial charge in [0.2, 0.25) is 11.8 Å². The van der Waals surface area contributed by atoms with Gasteiger partial charge in [-0.15, -0.1) is 0 Å². The Bertz CT molecular complexity index is 704. The molecule has 0 N–H and O–H groups in total. The van der Waals surface area contributed by atoms with E-state index in [1.54, 1.807) is 13.2 Å². The van der Waals surface area contributed by atoms with E-state index in [2.05, 4.69) is 10.1 Å². The summed E-state index contributed by atoms with van der Waals surface area (Å²) in [6, 6.07) is 7.24. The fourth-order valence-electron chi connectivity index (χ4n) is 2.98. The van der Waals surface area contributed by atoms with E-state index in [1.807, 2.05) is 23.1 Å². The molecule has 0 radical (unpaired) electrons. The van der Waals surface area contributed by atoms with Crippen LogP contribution >= 0.6 is 11.6 Å². The van der Waals surface area contributed by atoms with Crippen LogP contribution in [0.15, 0.2) is 28.8 Å². The lowest BCUT2D eigenvalue weighted by molar-refractivity contribution is -0.135. The highest BCUT2D eigenvalue weighted by atomic mass is 35.5. The van der Waals surface area contributed by atoms with Gasteiger partial charge in [0, 0.05) is 18.7 Å². The predicted molar refractivity (Wildman–Crippen MR) is 88.5 cm³/mol. The smallest absolute Gasteiger partial charge is 0.249 e. The van der Waals surface area contributed by atoms with Crippen LogP contribution in [-0.4, -0.2) is 34.6 Å². The van der Waals surface area contributed by atoms with Crippen molar-refractivity contribution in [1.29, 1.82) is 0 Å². The number of likely N-dealkylation sites (tertiary alicyclic amines) is 1. The molecular weight excluding hydrogens is 330 g/mol. The van der Waals surface area contributed by atoms with Crippen LogP contribution in [0.2, 0.25) is 5.02 Å². The average Bonchev–Trinajstić information content (AvgIpc) is 3.06. The van der Waals surface area contributed by atoms with E-state index in [0.29, 0.717) is 29.9 Å². The van der Waals surface area contributed by atoms with Crippen molar-refractivity contribution >= 4 is 17.5 Å². The largest absolute Gasteiger partial charge is 0.377 e. The Hall–Kier alpha value is -1.92. The van der Waals surface area contributed by atoms with E-state index >= 15 is 0 Å². The van der Waals surface area contributed by atoms with Crippen molar-refractivity contribution in [3.63, 3.8) is 0 Å². The molecule has 1 fully saturated rings. The molecule has 2 aromatic rings. The molecule has 1 atom stereocenters. The van der Waals surface area contributed by atoms with Gasteiger partial charge in [-0.05, 0) is 30.9 Å². The highest BCUT2D eigenvalue weighted by molar-refractivity contribution is 6.31. The first-order valence-corrected chi connectivity index (χ1v) is 8.41. The van der Waals surface area contributed by atoms with Crippen molar-refractivity contribution in [2.75, 3.05) is 13.7 Å². The molecule has 0 bridgehead atoms. The lowest BCUT2D eigenvalue weighted by atomic mass is 10.0. The van der Waals surface area contributed by atoms with Crippen LogP contribution in [0, 0.1) is 0 Å². The molecule has 128 valence electrons. The number of halogens is 1. The lowest BCUT2D eigenvalue weighted by Gasteiger charge is -2.33. The molecule has 1 saturated heterocycles. The quantitative estimate of drug-likeness (QED) is 0.829. The number of hydrogen-bond donors (Lipinski definition) is 0. The number of ether oxygens (including phenoxy) is 1. The van der Waals surface area contributed by atoms with Crippen LogP contribution in [0.5, 0.6) is 0 Å². The molecule has 0 spiro atoms. The molecule has 1 aliphatic rings. The maximum atomic E-state index is 12.8. The van der Waals surface area contributed by atoms with E-state index < -0.39 is 0 Å². The van der Waals surface area contributed by atoms with E-state index in [4.69, 9.17) is 20.9 Å². The summed E-state index contributed by atoms with van der Waals surface area (Å²) in [6.07, 6.45) is 3.10. The highest BCUT2D eigenvalue weighted by Gasteiger charge is 2.32. The fraction of sp³-hybridized carbons (Fsp3) is 0.471. The number of nitrogens with zero attached hydrogens (tertiary/aromatic N) is 3. The standard InChI is InChI=1S/C17H20ClN3O3/c1-23-11-15-19-17(24-20-15)14-8-4-5-9-21(14)16(22)10-12-6-2-3-7-13(12)18/h2-3,6-7,14H,4-5,8-11H2,1H3. The molecule has 2 heterocycles. The molecule has 1 amide bonds. The topological polar surface area (TPSA) is 68.5 Å². The minimum absolute atomic E-state index is 0.0271. The number of methoxy groups -OCH3 is 1. The molecular formula is C17H20ClN3O3. The summed E-state index contributed by atoms with van der Waals surface area (Å²) in [5, 5.41) is 4.51. The second kappa shape index (κ2) is 7.77. The average molecular weight is 350 g/mol. The first-order chi connectivity index (χ1) is 11.7. The maximum absolute atomic E-state index is 12.8. The minimum atomic E-state index is -0.174. The molecule has 24 heavy (non-hydrogen) atoms. The van der Waals surface area contributed by atoms with Crippen molar-refractivity contribution in [1.82, 2.24) is 15.0 Å². The molecule has 1 aromatic carbocycles. The van der Waals surface area contributed by atoms with Gasteiger partial charge in [-0.2, -0.15) is 4.98 Å². The number of carbonyl (C=O) groups excluding carboxylic acids is 1. The summed E-state index contributed by atoms with van der Waals surface area (Å²) in [4.78, 5) is 19.0. The van der Waals surface area contributed by atoms with Crippen LogP contribution < -0.4 is 0 Å². The molecule has 1 unspecified atom stereocenters. The van der Waals surface area contributed by atoms with Gasteiger partial charge >= 0.3 is 0 Å². The Morgan fingerprint density at radius 1 is 1.42 bits per heavy atom. The summed E-state index contributed by atoms with van der Waals surface area (Å²) < 4.78 is 10.4. The zero-order valence-electron chi connectivity index (χ0n) is 13.6. The monoisotopic (exact) mass is 349 g/mol. The van der Waals surface area contributed by atoms with E-state index in [0.717, 1.165) is 24.8 Å². The van der Waals surface area contributed by atoms with Gasteiger partial charge in [-0.1, -0.05) is 35.0 Å². The summed E-state index contributed by atoms with van der Waals surface area (Å²) in [7, 11) is 1.58. The van der Waals surface area contributed by atoms with E-state index in [-0.39, 0.29) is 18.4 Å². The molecule has 3 rings (SSSR count). The Kier molecular flexibility index (Phi) is 5.48. The predicted octanol–water partition coefficient (Wildman–Crippen LogP) is 3.17. The van der Waals surface area contributed by atoms with Crippen LogP contribution in [0.4, 0.5) is 0 Å². The summed E-state index contributed by atoms with van der Waals surface area (Å²) in [6.45, 7) is 0.986. The Labute approximate surface area is 145 Å². The van der Waals surface area contributed by atoms with Crippen molar-refractivity contribution in [3.8, 4) is 0 Å². The second-order valence-electron chi connectivity index (χ2n) is 5.85. The van der Waals surface area contributed by atoms with Crippen molar-refractivity contribution in [2.45, 2.75) is 38.3 Å². The van der Waals surface area contributed by atoms with Crippen LogP contribution in [0.25, 0.3) is 0 Å². The first kappa shape index (κ1) is 16.9. The minimum Gasteiger partial charge on any atom is -0.377 e. The number of rotatable bonds is 5. The Morgan fingerprint density at radius 2 is 2.25 bits per heavy atom. The van der Waals surface area contributed by atoms with E-state index in [9.17, 15) is 4.79 Å². The van der Waals surface area contributed by atoms with Gasteiger partial charge in [-0.25, -0.2) is 0 Å². The molecule has 1 aliphatic heterocycles. The van der Waals surface area contributed by atoms with Crippen LogP contribution in [0.3, 0.4) is 0 Å².